The van der Waals surface area contributed by atoms with Gasteiger partial charge in [-0.3, -0.25) is 9.69 Å². The number of nitrogens with two attached hydrogens (primary N) is 1. The van der Waals surface area contributed by atoms with E-state index in [0.29, 0.717) is 12.5 Å². The van der Waals surface area contributed by atoms with Crippen molar-refractivity contribution in [3.05, 3.63) is 30.1 Å². The second-order valence-corrected chi connectivity index (χ2v) is 4.70. The molecule has 0 saturated carbocycles. The fourth-order valence-electron chi connectivity index (χ4n) is 1.78. The average Bonchev–Trinajstić information content (AvgIpc) is 2.40. The molecule has 1 rings (SSSR count). The van der Waals surface area contributed by atoms with Crippen molar-refractivity contribution in [2.24, 2.45) is 11.7 Å². The third-order valence-corrected chi connectivity index (χ3v) is 2.93. The molecule has 0 aliphatic heterocycles. The lowest BCUT2D eigenvalue weighted by molar-refractivity contribution is -0.117. The SMILES string of the molecule is CCN(CC(=O)Nc1ccccc1F)CC(C)CN. The number of carbonyl (C=O) groups is 1. The summed E-state index contributed by atoms with van der Waals surface area (Å²) in [6, 6.07) is 6.15. The van der Waals surface area contributed by atoms with Crippen molar-refractivity contribution >= 4 is 11.6 Å². The molecule has 1 aromatic rings. The molecular formula is C14H22FN3O. The number of likely N-dealkylation sites (N-methyl/N-ethyl adjacent to an activating group) is 1. The maximum Gasteiger partial charge on any atom is 0.238 e. The molecule has 1 amide bonds. The number of para-hydroxylation sites is 1. The molecule has 0 aliphatic carbocycles. The standard InChI is InChI=1S/C14H22FN3O/c1-3-18(9-11(2)8-16)10-14(19)17-13-7-5-4-6-12(13)15/h4-7,11H,3,8-10,16H2,1-2H3,(H,17,19). The molecular weight excluding hydrogens is 245 g/mol. The van der Waals surface area contributed by atoms with E-state index >= 15 is 0 Å². The van der Waals surface area contributed by atoms with Crippen LogP contribution in [0.3, 0.4) is 0 Å². The van der Waals surface area contributed by atoms with Crippen LogP contribution in [0.1, 0.15) is 13.8 Å². The van der Waals surface area contributed by atoms with E-state index < -0.39 is 5.82 Å². The van der Waals surface area contributed by atoms with Gasteiger partial charge in [0.05, 0.1) is 12.2 Å². The lowest BCUT2D eigenvalue weighted by atomic mass is 10.1. The quantitative estimate of drug-likeness (QED) is 0.790. The number of halogens is 1. The van der Waals surface area contributed by atoms with E-state index in [9.17, 15) is 9.18 Å². The summed E-state index contributed by atoms with van der Waals surface area (Å²) in [5, 5.41) is 2.58. The van der Waals surface area contributed by atoms with E-state index in [1.165, 1.54) is 6.07 Å². The van der Waals surface area contributed by atoms with E-state index in [1.807, 2.05) is 18.7 Å². The first kappa shape index (κ1) is 15.6. The summed E-state index contributed by atoms with van der Waals surface area (Å²) in [6.07, 6.45) is 0. The van der Waals surface area contributed by atoms with Gasteiger partial charge in [0.25, 0.3) is 0 Å². The number of rotatable bonds is 7. The van der Waals surface area contributed by atoms with E-state index in [1.54, 1.807) is 18.2 Å². The van der Waals surface area contributed by atoms with Gasteiger partial charge in [0, 0.05) is 6.54 Å². The first-order chi connectivity index (χ1) is 9.06. The Labute approximate surface area is 113 Å². The first-order valence-electron chi connectivity index (χ1n) is 6.53. The molecule has 0 fully saturated rings. The van der Waals surface area contributed by atoms with Crippen LogP contribution in [0.5, 0.6) is 0 Å². The van der Waals surface area contributed by atoms with Crippen LogP contribution < -0.4 is 11.1 Å². The largest absolute Gasteiger partial charge is 0.330 e. The second kappa shape index (κ2) is 7.86. The van der Waals surface area contributed by atoms with Gasteiger partial charge < -0.3 is 11.1 Å². The zero-order valence-electron chi connectivity index (χ0n) is 11.5. The highest BCUT2D eigenvalue weighted by Gasteiger charge is 2.13. The molecule has 0 aliphatic rings. The fraction of sp³-hybridized carbons (Fsp3) is 0.500. The Morgan fingerprint density at radius 1 is 1.47 bits per heavy atom. The van der Waals surface area contributed by atoms with Crippen LogP contribution in [0.15, 0.2) is 24.3 Å². The number of nitrogens with zero attached hydrogens (tertiary/aromatic N) is 1. The van der Waals surface area contributed by atoms with Crippen molar-refractivity contribution in [2.45, 2.75) is 13.8 Å². The Bertz CT molecular complexity index is 411. The van der Waals surface area contributed by atoms with Gasteiger partial charge in [-0.15, -0.1) is 0 Å². The summed E-state index contributed by atoms with van der Waals surface area (Å²) < 4.78 is 13.4. The topological polar surface area (TPSA) is 58.4 Å². The van der Waals surface area contributed by atoms with Crippen LogP contribution >= 0.6 is 0 Å². The molecule has 0 spiro atoms. The number of hydrogen-bond donors (Lipinski definition) is 2. The highest BCUT2D eigenvalue weighted by Crippen LogP contribution is 2.12. The molecule has 19 heavy (non-hydrogen) atoms. The third kappa shape index (κ3) is 5.36. The number of hydrogen-bond acceptors (Lipinski definition) is 3. The molecule has 1 unspecified atom stereocenters. The van der Waals surface area contributed by atoms with Crippen LogP contribution in [0.25, 0.3) is 0 Å². The molecule has 0 bridgehead atoms. The third-order valence-electron chi connectivity index (χ3n) is 2.93. The minimum atomic E-state index is -0.422. The van der Waals surface area contributed by atoms with Gasteiger partial charge in [0.2, 0.25) is 5.91 Å². The van der Waals surface area contributed by atoms with Crippen molar-refractivity contribution < 1.29 is 9.18 Å². The molecule has 0 radical (unpaired) electrons. The monoisotopic (exact) mass is 267 g/mol. The summed E-state index contributed by atoms with van der Waals surface area (Å²) >= 11 is 0. The normalized spacial score (nSPS) is 12.5. The van der Waals surface area contributed by atoms with Crippen LogP contribution in [-0.2, 0) is 4.79 Å². The van der Waals surface area contributed by atoms with E-state index in [2.05, 4.69) is 5.32 Å². The summed E-state index contributed by atoms with van der Waals surface area (Å²) in [5.74, 6) is -0.299. The van der Waals surface area contributed by atoms with E-state index in [-0.39, 0.29) is 18.1 Å². The number of anilines is 1. The van der Waals surface area contributed by atoms with Crippen molar-refractivity contribution in [3.63, 3.8) is 0 Å². The van der Waals surface area contributed by atoms with Crippen LogP contribution in [-0.4, -0.2) is 37.0 Å². The maximum absolute atomic E-state index is 13.4. The predicted molar refractivity (Wildman–Crippen MR) is 75.4 cm³/mol. The van der Waals surface area contributed by atoms with Gasteiger partial charge in [0.1, 0.15) is 5.82 Å². The lowest BCUT2D eigenvalue weighted by Gasteiger charge is -2.23. The lowest BCUT2D eigenvalue weighted by Crippen LogP contribution is -2.37. The summed E-state index contributed by atoms with van der Waals surface area (Å²) in [4.78, 5) is 13.8. The Morgan fingerprint density at radius 2 is 2.16 bits per heavy atom. The molecule has 0 saturated heterocycles. The van der Waals surface area contributed by atoms with Crippen molar-refractivity contribution in [1.29, 1.82) is 0 Å². The predicted octanol–water partition coefficient (Wildman–Crippen LogP) is 1.68. The van der Waals surface area contributed by atoms with Gasteiger partial charge in [0.15, 0.2) is 0 Å². The Balaban J connectivity index is 2.52. The molecule has 0 heterocycles. The van der Waals surface area contributed by atoms with Crippen molar-refractivity contribution in [2.75, 3.05) is 31.5 Å². The molecule has 0 aromatic heterocycles. The average molecular weight is 267 g/mol. The van der Waals surface area contributed by atoms with Crippen molar-refractivity contribution in [1.82, 2.24) is 4.90 Å². The number of benzene rings is 1. The van der Waals surface area contributed by atoms with E-state index in [4.69, 9.17) is 5.73 Å². The van der Waals surface area contributed by atoms with Gasteiger partial charge in [-0.05, 0) is 31.1 Å². The Kier molecular flexibility index (Phi) is 6.45. The number of carbonyl (C=O) groups excluding carboxylic acids is 1. The molecule has 3 N–H and O–H groups in total. The first-order valence-corrected chi connectivity index (χ1v) is 6.53. The fourth-order valence-corrected chi connectivity index (χ4v) is 1.78. The summed E-state index contributed by atoms with van der Waals surface area (Å²) in [7, 11) is 0. The van der Waals surface area contributed by atoms with Crippen LogP contribution in [0.4, 0.5) is 10.1 Å². The number of amides is 1. The summed E-state index contributed by atoms with van der Waals surface area (Å²) in [5.41, 5.74) is 5.79. The van der Waals surface area contributed by atoms with Gasteiger partial charge in [-0.25, -0.2) is 4.39 Å². The zero-order valence-corrected chi connectivity index (χ0v) is 11.5. The van der Waals surface area contributed by atoms with Crippen LogP contribution in [0.2, 0.25) is 0 Å². The molecule has 1 atom stereocenters. The van der Waals surface area contributed by atoms with E-state index in [0.717, 1.165) is 13.1 Å². The summed E-state index contributed by atoms with van der Waals surface area (Å²) in [6.45, 7) is 6.38. The zero-order chi connectivity index (χ0) is 14.3. The van der Waals surface area contributed by atoms with Crippen LogP contribution in [0, 0.1) is 11.7 Å². The highest BCUT2D eigenvalue weighted by atomic mass is 19.1. The highest BCUT2D eigenvalue weighted by molar-refractivity contribution is 5.92. The smallest absolute Gasteiger partial charge is 0.238 e. The minimum absolute atomic E-state index is 0.212. The minimum Gasteiger partial charge on any atom is -0.330 e. The number of nitrogens with one attached hydrogen (secondary N) is 1. The van der Waals surface area contributed by atoms with Gasteiger partial charge in [-0.2, -0.15) is 0 Å². The maximum atomic E-state index is 13.4. The van der Waals surface area contributed by atoms with Crippen molar-refractivity contribution in [3.8, 4) is 0 Å². The Morgan fingerprint density at radius 3 is 2.74 bits per heavy atom. The molecule has 4 nitrogen and oxygen atoms in total. The molecule has 1 aromatic carbocycles. The van der Waals surface area contributed by atoms with Gasteiger partial charge in [-0.1, -0.05) is 26.0 Å². The second-order valence-electron chi connectivity index (χ2n) is 4.70. The van der Waals surface area contributed by atoms with Gasteiger partial charge >= 0.3 is 0 Å². The molecule has 106 valence electrons. The molecule has 5 heteroatoms. The Hall–Kier alpha value is -1.46.